The molecule has 114 valence electrons. The van der Waals surface area contributed by atoms with Gasteiger partial charge in [0.1, 0.15) is 0 Å². The first-order chi connectivity index (χ1) is 11.2. The van der Waals surface area contributed by atoms with Gasteiger partial charge in [0.15, 0.2) is 0 Å². The van der Waals surface area contributed by atoms with Crippen molar-refractivity contribution in [1.82, 2.24) is 9.97 Å². The monoisotopic (exact) mass is 325 g/mol. The van der Waals surface area contributed by atoms with Gasteiger partial charge in [-0.2, -0.15) is 0 Å². The van der Waals surface area contributed by atoms with E-state index in [1.165, 1.54) is 12.4 Å². The SMILES string of the molecule is O=C(O)c1cnc(N(c2ccccc2)c2ccccc2Cl)nc1. The van der Waals surface area contributed by atoms with E-state index in [1.54, 1.807) is 11.0 Å². The van der Waals surface area contributed by atoms with E-state index in [9.17, 15) is 4.79 Å². The molecule has 0 aliphatic heterocycles. The summed E-state index contributed by atoms with van der Waals surface area (Å²) in [4.78, 5) is 21.1. The van der Waals surface area contributed by atoms with Gasteiger partial charge in [-0.25, -0.2) is 14.8 Å². The molecule has 0 saturated heterocycles. The van der Waals surface area contributed by atoms with E-state index >= 15 is 0 Å². The molecule has 23 heavy (non-hydrogen) atoms. The van der Waals surface area contributed by atoms with Crippen molar-refractivity contribution in [1.29, 1.82) is 0 Å². The number of para-hydroxylation sites is 2. The quantitative estimate of drug-likeness (QED) is 0.774. The highest BCUT2D eigenvalue weighted by Crippen LogP contribution is 2.36. The van der Waals surface area contributed by atoms with Gasteiger partial charge in [0, 0.05) is 18.1 Å². The topological polar surface area (TPSA) is 66.3 Å². The van der Waals surface area contributed by atoms with Crippen LogP contribution in [-0.2, 0) is 0 Å². The number of rotatable bonds is 4. The summed E-state index contributed by atoms with van der Waals surface area (Å²) in [5.74, 6) is -0.727. The number of hydrogen-bond donors (Lipinski definition) is 1. The zero-order chi connectivity index (χ0) is 16.2. The van der Waals surface area contributed by atoms with Crippen LogP contribution in [0.4, 0.5) is 17.3 Å². The summed E-state index contributed by atoms with van der Waals surface area (Å²) >= 11 is 6.31. The van der Waals surface area contributed by atoms with Gasteiger partial charge >= 0.3 is 5.97 Å². The van der Waals surface area contributed by atoms with Crippen molar-refractivity contribution < 1.29 is 9.90 Å². The van der Waals surface area contributed by atoms with Gasteiger partial charge in [-0.15, -0.1) is 0 Å². The van der Waals surface area contributed by atoms with Gasteiger partial charge in [0.2, 0.25) is 5.95 Å². The number of hydrogen-bond acceptors (Lipinski definition) is 4. The van der Waals surface area contributed by atoms with Crippen molar-refractivity contribution in [3.05, 3.63) is 77.6 Å². The maximum atomic E-state index is 11.0. The summed E-state index contributed by atoms with van der Waals surface area (Å²) in [6.45, 7) is 0. The van der Waals surface area contributed by atoms with Crippen LogP contribution in [0, 0.1) is 0 Å². The fraction of sp³-hybridized carbons (Fsp3) is 0. The number of carboxylic acid groups (broad SMARTS) is 1. The molecule has 0 radical (unpaired) electrons. The molecule has 0 bridgehead atoms. The van der Waals surface area contributed by atoms with Crippen LogP contribution < -0.4 is 4.90 Å². The average Bonchev–Trinajstić information content (AvgIpc) is 2.58. The second kappa shape index (κ2) is 6.46. The third-order valence-corrected chi connectivity index (χ3v) is 3.51. The first-order valence-corrected chi connectivity index (χ1v) is 7.19. The summed E-state index contributed by atoms with van der Waals surface area (Å²) in [7, 11) is 0. The highest BCUT2D eigenvalue weighted by molar-refractivity contribution is 6.33. The zero-order valence-electron chi connectivity index (χ0n) is 11.9. The molecule has 1 heterocycles. The lowest BCUT2D eigenvalue weighted by Crippen LogP contribution is -2.14. The summed E-state index contributed by atoms with van der Waals surface area (Å²) < 4.78 is 0. The fourth-order valence-corrected chi connectivity index (χ4v) is 2.34. The van der Waals surface area contributed by atoms with Crippen LogP contribution >= 0.6 is 11.6 Å². The lowest BCUT2D eigenvalue weighted by molar-refractivity contribution is 0.0696. The van der Waals surface area contributed by atoms with Crippen LogP contribution in [0.2, 0.25) is 5.02 Å². The van der Waals surface area contributed by atoms with Gasteiger partial charge in [-0.1, -0.05) is 41.9 Å². The molecule has 3 aromatic rings. The molecular weight excluding hydrogens is 314 g/mol. The zero-order valence-corrected chi connectivity index (χ0v) is 12.7. The Kier molecular flexibility index (Phi) is 4.21. The molecule has 0 unspecified atom stereocenters. The summed E-state index contributed by atoms with van der Waals surface area (Å²) in [6, 6.07) is 16.8. The van der Waals surface area contributed by atoms with E-state index < -0.39 is 5.97 Å². The molecule has 0 spiro atoms. The highest BCUT2D eigenvalue weighted by Gasteiger charge is 2.17. The van der Waals surface area contributed by atoms with Crippen molar-refractivity contribution in [2.75, 3.05) is 4.90 Å². The van der Waals surface area contributed by atoms with E-state index in [2.05, 4.69) is 9.97 Å². The number of aromatic nitrogens is 2. The van der Waals surface area contributed by atoms with Crippen molar-refractivity contribution in [2.24, 2.45) is 0 Å². The normalized spacial score (nSPS) is 10.3. The summed E-state index contributed by atoms with van der Waals surface area (Å²) in [5, 5.41) is 9.52. The van der Waals surface area contributed by atoms with Gasteiger partial charge in [0.25, 0.3) is 0 Å². The second-order valence-electron chi connectivity index (χ2n) is 4.70. The van der Waals surface area contributed by atoms with Crippen molar-refractivity contribution >= 4 is 34.9 Å². The van der Waals surface area contributed by atoms with Crippen molar-refractivity contribution in [3.63, 3.8) is 0 Å². The van der Waals surface area contributed by atoms with Crippen LogP contribution in [0.15, 0.2) is 67.0 Å². The predicted octanol–water partition coefficient (Wildman–Crippen LogP) is 4.30. The maximum absolute atomic E-state index is 11.0. The first kappa shape index (κ1) is 15.0. The molecule has 5 nitrogen and oxygen atoms in total. The van der Waals surface area contributed by atoms with E-state index in [-0.39, 0.29) is 5.56 Å². The van der Waals surface area contributed by atoms with Crippen LogP contribution in [0.5, 0.6) is 0 Å². The summed E-state index contributed by atoms with van der Waals surface area (Å²) in [5.41, 5.74) is 1.56. The molecule has 1 N–H and O–H groups in total. The third kappa shape index (κ3) is 3.14. The Hall–Kier alpha value is -2.92. The lowest BCUT2D eigenvalue weighted by atomic mass is 10.2. The van der Waals surface area contributed by atoms with E-state index in [1.807, 2.05) is 48.5 Å². The van der Waals surface area contributed by atoms with Crippen molar-refractivity contribution in [3.8, 4) is 0 Å². The predicted molar refractivity (Wildman–Crippen MR) is 88.7 cm³/mol. The molecule has 0 atom stereocenters. The van der Waals surface area contributed by atoms with E-state index in [0.717, 1.165) is 5.69 Å². The molecule has 3 rings (SSSR count). The second-order valence-corrected chi connectivity index (χ2v) is 5.11. The van der Waals surface area contributed by atoms with Crippen LogP contribution in [0.25, 0.3) is 0 Å². The lowest BCUT2D eigenvalue weighted by Gasteiger charge is -2.23. The molecular formula is C17H12ClN3O2. The molecule has 0 saturated carbocycles. The fourth-order valence-electron chi connectivity index (χ4n) is 2.12. The number of benzene rings is 2. The van der Waals surface area contributed by atoms with E-state index in [4.69, 9.17) is 16.7 Å². The van der Waals surface area contributed by atoms with Gasteiger partial charge in [-0.05, 0) is 24.3 Å². The van der Waals surface area contributed by atoms with Crippen molar-refractivity contribution in [2.45, 2.75) is 0 Å². The minimum atomic E-state index is -1.07. The molecule has 6 heteroatoms. The Balaban J connectivity index is 2.13. The number of aromatic carboxylic acids is 1. The van der Waals surface area contributed by atoms with Gasteiger partial charge in [-0.3, -0.25) is 4.90 Å². The molecule has 2 aromatic carbocycles. The standard InChI is InChI=1S/C17H12ClN3O2/c18-14-8-4-5-9-15(14)21(13-6-2-1-3-7-13)17-19-10-12(11-20-17)16(22)23/h1-11H,(H,22,23). The Morgan fingerprint density at radius 3 is 2.17 bits per heavy atom. The number of halogens is 1. The number of carboxylic acids is 1. The first-order valence-electron chi connectivity index (χ1n) is 6.82. The minimum absolute atomic E-state index is 0.0286. The Bertz CT molecular complexity index is 823. The van der Waals surface area contributed by atoms with Gasteiger partial charge in [0.05, 0.1) is 16.3 Å². The Morgan fingerprint density at radius 2 is 1.57 bits per heavy atom. The van der Waals surface area contributed by atoms with E-state index in [0.29, 0.717) is 16.7 Å². The maximum Gasteiger partial charge on any atom is 0.338 e. The number of nitrogens with zero attached hydrogens (tertiary/aromatic N) is 3. The molecule has 0 aliphatic rings. The van der Waals surface area contributed by atoms with Crippen LogP contribution in [0.3, 0.4) is 0 Å². The Labute approximate surface area is 137 Å². The third-order valence-electron chi connectivity index (χ3n) is 3.19. The minimum Gasteiger partial charge on any atom is -0.478 e. The Morgan fingerprint density at radius 1 is 0.957 bits per heavy atom. The smallest absolute Gasteiger partial charge is 0.338 e. The van der Waals surface area contributed by atoms with Gasteiger partial charge < -0.3 is 5.11 Å². The average molecular weight is 326 g/mol. The van der Waals surface area contributed by atoms with Crippen LogP contribution in [0.1, 0.15) is 10.4 Å². The molecule has 0 aliphatic carbocycles. The van der Waals surface area contributed by atoms with Crippen LogP contribution in [-0.4, -0.2) is 21.0 Å². The highest BCUT2D eigenvalue weighted by atomic mass is 35.5. The largest absolute Gasteiger partial charge is 0.478 e. The molecule has 0 amide bonds. The molecule has 0 fully saturated rings. The number of carbonyl (C=O) groups is 1. The molecule has 1 aromatic heterocycles. The number of anilines is 3. The summed E-state index contributed by atoms with van der Waals surface area (Å²) in [6.07, 6.45) is 2.55.